The first kappa shape index (κ1) is 15.8. The molecule has 1 heterocycles. The Morgan fingerprint density at radius 1 is 1.40 bits per heavy atom. The van der Waals surface area contributed by atoms with E-state index in [-0.39, 0.29) is 0 Å². The van der Waals surface area contributed by atoms with Crippen molar-refractivity contribution >= 4 is 16.5 Å². The first-order valence-electron chi connectivity index (χ1n) is 7.87. The number of rotatable bonds is 5. The topological polar surface area (TPSA) is 28.2 Å². The minimum absolute atomic E-state index is 0.347. The Balaban J connectivity index is 2.35. The van der Waals surface area contributed by atoms with Crippen LogP contribution >= 0.6 is 11.3 Å². The average Bonchev–Trinajstić information content (AvgIpc) is 2.71. The molecule has 1 aromatic heterocycles. The van der Waals surface area contributed by atoms with E-state index in [1.54, 1.807) is 0 Å². The zero-order valence-electron chi connectivity index (χ0n) is 13.8. The molecule has 0 amide bonds. The molecular formula is C16H29N3S. The normalized spacial score (nSPS) is 21.1. The van der Waals surface area contributed by atoms with Crippen LogP contribution in [-0.2, 0) is 6.42 Å². The van der Waals surface area contributed by atoms with E-state index < -0.39 is 0 Å². The molecule has 0 aromatic carbocycles. The fraction of sp³-hybridized carbons (Fsp3) is 0.812. The van der Waals surface area contributed by atoms with Gasteiger partial charge in [0.25, 0.3) is 0 Å². The smallest absolute Gasteiger partial charge is 0.186 e. The molecule has 0 saturated heterocycles. The first-order chi connectivity index (χ1) is 9.38. The molecule has 1 N–H and O–H groups in total. The van der Waals surface area contributed by atoms with Crippen LogP contribution in [0.25, 0.3) is 0 Å². The molecule has 0 saturated carbocycles. The molecule has 3 nitrogen and oxygen atoms in total. The molecule has 1 aliphatic rings. The number of nitrogens with zero attached hydrogens (tertiary/aromatic N) is 2. The third-order valence-corrected chi connectivity index (χ3v) is 5.34. The van der Waals surface area contributed by atoms with Gasteiger partial charge in [-0.3, -0.25) is 0 Å². The molecule has 114 valence electrons. The second kappa shape index (κ2) is 6.02. The zero-order valence-corrected chi connectivity index (χ0v) is 14.6. The average molecular weight is 295 g/mol. The van der Waals surface area contributed by atoms with Crippen molar-refractivity contribution in [3.8, 4) is 0 Å². The van der Waals surface area contributed by atoms with Crippen LogP contribution in [0.5, 0.6) is 0 Å². The van der Waals surface area contributed by atoms with Gasteiger partial charge in [0.1, 0.15) is 0 Å². The lowest BCUT2D eigenvalue weighted by molar-refractivity contribution is 0.260. The number of fused-ring (bicyclic) bond motifs is 1. The molecule has 0 spiro atoms. The van der Waals surface area contributed by atoms with E-state index in [0.717, 1.165) is 19.5 Å². The number of thiazole rings is 1. The third kappa shape index (κ3) is 3.17. The molecule has 1 atom stereocenters. The summed E-state index contributed by atoms with van der Waals surface area (Å²) in [4.78, 5) is 8.85. The van der Waals surface area contributed by atoms with Crippen molar-refractivity contribution in [3.63, 3.8) is 0 Å². The Morgan fingerprint density at radius 2 is 2.10 bits per heavy atom. The fourth-order valence-corrected chi connectivity index (χ4v) is 4.53. The highest BCUT2D eigenvalue weighted by Crippen LogP contribution is 2.44. The van der Waals surface area contributed by atoms with Crippen molar-refractivity contribution in [1.82, 2.24) is 10.3 Å². The van der Waals surface area contributed by atoms with Gasteiger partial charge < -0.3 is 10.2 Å². The summed E-state index contributed by atoms with van der Waals surface area (Å²) in [6.45, 7) is 15.7. The minimum atomic E-state index is 0.347. The van der Waals surface area contributed by atoms with E-state index in [1.165, 1.54) is 22.1 Å². The predicted octanol–water partition coefficient (Wildman–Crippen LogP) is 4.00. The summed E-state index contributed by atoms with van der Waals surface area (Å²) in [5, 5.41) is 4.85. The van der Waals surface area contributed by atoms with Gasteiger partial charge in [-0.15, -0.1) is 0 Å². The SMILES string of the molecule is CCNC1CC(C)(C)Cc2nc(N(CC)C(C)C)sc21. The Labute approximate surface area is 127 Å². The van der Waals surface area contributed by atoms with Crippen LogP contribution in [0.15, 0.2) is 0 Å². The molecule has 1 aromatic rings. The second-order valence-corrected chi connectivity index (χ2v) is 7.85. The van der Waals surface area contributed by atoms with E-state index in [2.05, 4.69) is 51.8 Å². The molecule has 0 radical (unpaired) electrons. The van der Waals surface area contributed by atoms with Crippen LogP contribution in [-0.4, -0.2) is 24.1 Å². The van der Waals surface area contributed by atoms with E-state index >= 15 is 0 Å². The zero-order chi connectivity index (χ0) is 14.9. The summed E-state index contributed by atoms with van der Waals surface area (Å²) in [5.41, 5.74) is 1.67. The van der Waals surface area contributed by atoms with Gasteiger partial charge in [-0.2, -0.15) is 0 Å². The lowest BCUT2D eigenvalue weighted by Gasteiger charge is -2.34. The second-order valence-electron chi connectivity index (χ2n) is 6.84. The van der Waals surface area contributed by atoms with Crippen molar-refractivity contribution in [2.24, 2.45) is 5.41 Å². The van der Waals surface area contributed by atoms with Gasteiger partial charge in [-0.05, 0) is 45.6 Å². The van der Waals surface area contributed by atoms with Crippen LogP contribution in [0.2, 0.25) is 0 Å². The Bertz CT molecular complexity index is 451. The van der Waals surface area contributed by atoms with Crippen LogP contribution in [0, 0.1) is 5.41 Å². The van der Waals surface area contributed by atoms with Crippen LogP contribution in [0.3, 0.4) is 0 Å². The van der Waals surface area contributed by atoms with Gasteiger partial charge in [0.15, 0.2) is 5.13 Å². The lowest BCUT2D eigenvalue weighted by atomic mass is 9.76. The van der Waals surface area contributed by atoms with E-state index in [0.29, 0.717) is 17.5 Å². The van der Waals surface area contributed by atoms with E-state index in [1.807, 2.05) is 11.3 Å². The van der Waals surface area contributed by atoms with Crippen molar-refractivity contribution in [3.05, 3.63) is 10.6 Å². The minimum Gasteiger partial charge on any atom is -0.346 e. The van der Waals surface area contributed by atoms with Crippen LogP contribution in [0.4, 0.5) is 5.13 Å². The van der Waals surface area contributed by atoms with Gasteiger partial charge >= 0.3 is 0 Å². The van der Waals surface area contributed by atoms with E-state index in [4.69, 9.17) is 4.98 Å². The van der Waals surface area contributed by atoms with Gasteiger partial charge in [-0.25, -0.2) is 4.98 Å². The highest BCUT2D eigenvalue weighted by molar-refractivity contribution is 7.15. The highest BCUT2D eigenvalue weighted by Gasteiger charge is 2.35. The predicted molar refractivity (Wildman–Crippen MR) is 88.8 cm³/mol. The van der Waals surface area contributed by atoms with Gasteiger partial charge in [-0.1, -0.05) is 32.1 Å². The van der Waals surface area contributed by atoms with Crippen LogP contribution in [0.1, 0.15) is 64.6 Å². The maximum Gasteiger partial charge on any atom is 0.186 e. The number of hydrogen-bond donors (Lipinski definition) is 1. The Hall–Kier alpha value is -0.610. The fourth-order valence-electron chi connectivity index (χ4n) is 3.18. The quantitative estimate of drug-likeness (QED) is 0.890. The first-order valence-corrected chi connectivity index (χ1v) is 8.69. The summed E-state index contributed by atoms with van der Waals surface area (Å²) >= 11 is 1.90. The number of hydrogen-bond acceptors (Lipinski definition) is 4. The largest absolute Gasteiger partial charge is 0.346 e. The summed E-state index contributed by atoms with van der Waals surface area (Å²) in [7, 11) is 0. The summed E-state index contributed by atoms with van der Waals surface area (Å²) in [5.74, 6) is 0. The molecule has 0 aliphatic heterocycles. The number of anilines is 1. The van der Waals surface area contributed by atoms with Crippen molar-refractivity contribution < 1.29 is 0 Å². The molecular weight excluding hydrogens is 266 g/mol. The van der Waals surface area contributed by atoms with Crippen molar-refractivity contribution in [2.75, 3.05) is 18.0 Å². The molecule has 4 heteroatoms. The maximum atomic E-state index is 4.98. The molecule has 20 heavy (non-hydrogen) atoms. The lowest BCUT2D eigenvalue weighted by Crippen LogP contribution is -2.32. The Kier molecular flexibility index (Phi) is 4.75. The standard InChI is InChI=1S/C16H29N3S/c1-7-17-12-9-16(5,6)10-13-14(12)20-15(18-13)19(8-2)11(3)4/h11-12,17H,7-10H2,1-6H3. The van der Waals surface area contributed by atoms with Gasteiger partial charge in [0, 0.05) is 23.5 Å². The number of aromatic nitrogens is 1. The summed E-state index contributed by atoms with van der Waals surface area (Å²) < 4.78 is 0. The molecule has 0 fully saturated rings. The molecule has 2 rings (SSSR count). The summed E-state index contributed by atoms with van der Waals surface area (Å²) in [6, 6.07) is 0.995. The van der Waals surface area contributed by atoms with Crippen LogP contribution < -0.4 is 10.2 Å². The van der Waals surface area contributed by atoms with Crippen molar-refractivity contribution in [1.29, 1.82) is 0 Å². The molecule has 0 bridgehead atoms. The van der Waals surface area contributed by atoms with Gasteiger partial charge in [0.2, 0.25) is 0 Å². The van der Waals surface area contributed by atoms with Crippen molar-refractivity contribution in [2.45, 2.75) is 66.5 Å². The number of nitrogens with one attached hydrogen (secondary N) is 1. The Morgan fingerprint density at radius 3 is 2.65 bits per heavy atom. The third-order valence-electron chi connectivity index (χ3n) is 4.10. The van der Waals surface area contributed by atoms with E-state index in [9.17, 15) is 0 Å². The monoisotopic (exact) mass is 295 g/mol. The highest BCUT2D eigenvalue weighted by atomic mass is 32.1. The van der Waals surface area contributed by atoms with Gasteiger partial charge in [0.05, 0.1) is 5.69 Å². The molecule has 1 aliphatic carbocycles. The summed E-state index contributed by atoms with van der Waals surface area (Å²) in [6.07, 6.45) is 2.32. The maximum absolute atomic E-state index is 4.98. The molecule has 1 unspecified atom stereocenters.